The summed E-state index contributed by atoms with van der Waals surface area (Å²) in [7, 11) is 0. The molecule has 0 saturated heterocycles. The molecular formula is C84H110O24. The zero-order valence-corrected chi connectivity index (χ0v) is 65.8. The van der Waals surface area contributed by atoms with Gasteiger partial charge in [-0.1, -0.05) is 66.7 Å². The molecule has 0 fully saturated rings. The van der Waals surface area contributed by atoms with E-state index < -0.39 is 59.2 Å². The van der Waals surface area contributed by atoms with Crippen LogP contribution in [0.5, 0.6) is 57.5 Å². The molecule has 0 aliphatic heterocycles. The zero-order chi connectivity index (χ0) is 81.8. The number of carbonyl (C=O) groups excluding carboxylic acids is 2. The molecule has 590 valence electrons. The van der Waals surface area contributed by atoms with Gasteiger partial charge < -0.3 is 78.0 Å². The van der Waals surface area contributed by atoms with Gasteiger partial charge in [0.15, 0.2) is 58.6 Å². The van der Waals surface area contributed by atoms with E-state index in [4.69, 9.17) is 78.0 Å². The van der Waals surface area contributed by atoms with Crippen LogP contribution in [0, 0.1) is 48.5 Å². The third-order valence-corrected chi connectivity index (χ3v) is 14.6. The molecule has 7 aromatic carbocycles. The molecule has 0 amide bonds. The second-order valence-corrected chi connectivity index (χ2v) is 24.6. The number of hydrogen-bond donors (Lipinski definition) is 6. The maximum absolute atomic E-state index is 11.3. The lowest BCUT2D eigenvalue weighted by molar-refractivity contribution is -0.152. The van der Waals surface area contributed by atoms with Gasteiger partial charge in [0.05, 0.1) is 58.6 Å². The Morgan fingerprint density at radius 1 is 0.361 bits per heavy atom. The maximum atomic E-state index is 11.3. The first-order valence-electron chi connectivity index (χ1n) is 35.4. The number of carboxylic acid groups (broad SMARTS) is 6. The first-order valence-corrected chi connectivity index (χ1v) is 35.4. The van der Waals surface area contributed by atoms with Crippen LogP contribution >= 0.6 is 0 Å². The SMILES string of the molecule is CCOc1cc(C)ccc1C(C)C(=O)O.CCOc1cc(C)ccc1CC(=O)C(C)=O.CCOc1cc(C)ccc1CC(=O)O.CCOc1cc(C)ccc1CCC(=O)O.CCOc1cc(C)ccc1OC(C)(C)C(=O)O.CCOc1cc(C)ccc1OC(C)C(=O)O.CCOc1cc(C)ccc1OCC(=O)O. The molecule has 7 aromatic rings. The van der Waals surface area contributed by atoms with Crippen molar-refractivity contribution in [1.29, 1.82) is 0 Å². The molecule has 2 atom stereocenters. The summed E-state index contributed by atoms with van der Waals surface area (Å²) in [6.07, 6.45) is -0.101. The Morgan fingerprint density at radius 2 is 0.694 bits per heavy atom. The Morgan fingerprint density at radius 3 is 1.07 bits per heavy atom. The number of benzene rings is 7. The molecule has 0 saturated carbocycles. The summed E-state index contributed by atoms with van der Waals surface area (Å²) in [4.78, 5) is 86.2. The van der Waals surface area contributed by atoms with Crippen LogP contribution in [-0.4, -0.2) is 143 Å². The van der Waals surface area contributed by atoms with Crippen LogP contribution in [0.25, 0.3) is 0 Å². The highest BCUT2D eigenvalue weighted by Gasteiger charge is 2.31. The number of rotatable bonds is 33. The van der Waals surface area contributed by atoms with Gasteiger partial charge >= 0.3 is 35.8 Å². The monoisotopic (exact) mass is 1500 g/mol. The van der Waals surface area contributed by atoms with Gasteiger partial charge in [0.1, 0.15) is 23.0 Å². The normalized spacial score (nSPS) is 10.7. The highest BCUT2D eigenvalue weighted by atomic mass is 16.6. The van der Waals surface area contributed by atoms with Crippen molar-refractivity contribution < 1.29 is 116 Å². The van der Waals surface area contributed by atoms with Crippen LogP contribution in [0.4, 0.5) is 0 Å². The third kappa shape index (κ3) is 37.1. The van der Waals surface area contributed by atoms with Gasteiger partial charge in [0.2, 0.25) is 5.78 Å². The van der Waals surface area contributed by atoms with Crippen LogP contribution in [-0.2, 0) is 57.6 Å². The number of aryl methyl sites for hydroxylation is 8. The standard InChI is InChI=1S/C13H18O4.C13H16O3.C12H16O4.2C12H16O3.C11H14O4.C11H14O3/c1-5-16-11-8-9(2)6-7-10(11)17-13(3,4)12(14)15;1-4-16-13-7-9(2)5-6-11(13)8-12(15)10(3)14;1-4-15-11-7-8(2)5-6-10(11)16-9(3)12(13)14;1-4-15-11-7-8(2)5-6-10(11)9(3)12(13)14;1-3-15-11-8-9(2)4-5-10(11)6-7-12(13)14;1-3-14-10-6-8(2)4-5-9(10)15-7-11(12)13;1-3-14-10-6-8(2)4-5-9(10)7-11(12)13/h6-8H,5H2,1-4H3,(H,14,15);5-7H,4,8H2,1-3H3;5-7,9H,4H2,1-3H3,(H,13,14);5-7,9H,4H2,1-3H3,(H,13,14);4-5,8H,3,6-7H2,1-2H3,(H,13,14);4-6H,3,7H2,1-2H3,(H,12,13);4-6H,3,7H2,1-2H3,(H,12,13). The minimum absolute atomic E-state index is 0.00954. The topological polar surface area (TPSA) is 350 Å². The molecule has 0 spiro atoms. The van der Waals surface area contributed by atoms with Crippen molar-refractivity contribution in [3.8, 4) is 57.5 Å². The van der Waals surface area contributed by atoms with Crippen molar-refractivity contribution in [3.63, 3.8) is 0 Å². The summed E-state index contributed by atoms with van der Waals surface area (Å²) in [5, 5.41) is 52.5. The van der Waals surface area contributed by atoms with Gasteiger partial charge in [-0.2, -0.15) is 0 Å². The van der Waals surface area contributed by atoms with Crippen LogP contribution in [0.2, 0.25) is 0 Å². The van der Waals surface area contributed by atoms with Gasteiger partial charge in [0.25, 0.3) is 0 Å². The van der Waals surface area contributed by atoms with Gasteiger partial charge in [-0.3, -0.25) is 24.0 Å². The first-order chi connectivity index (χ1) is 50.9. The van der Waals surface area contributed by atoms with Gasteiger partial charge in [-0.05, 0) is 236 Å². The minimum atomic E-state index is -1.28. The molecular weight excluding hydrogens is 1390 g/mol. The fourth-order valence-corrected chi connectivity index (χ4v) is 9.12. The maximum Gasteiger partial charge on any atom is 0.347 e. The molecule has 0 aliphatic carbocycles. The van der Waals surface area contributed by atoms with Crippen molar-refractivity contribution in [2.45, 2.75) is 175 Å². The van der Waals surface area contributed by atoms with Crippen LogP contribution in [0.3, 0.4) is 0 Å². The van der Waals surface area contributed by atoms with E-state index in [0.29, 0.717) is 104 Å². The molecule has 2 unspecified atom stereocenters. The van der Waals surface area contributed by atoms with Gasteiger partial charge in [-0.15, -0.1) is 0 Å². The highest BCUT2D eigenvalue weighted by Crippen LogP contribution is 2.34. The molecule has 7 rings (SSSR count). The number of aliphatic carboxylic acids is 6. The summed E-state index contributed by atoms with van der Waals surface area (Å²) in [5.41, 5.74) is 9.37. The second-order valence-electron chi connectivity index (χ2n) is 24.6. The molecule has 108 heavy (non-hydrogen) atoms. The van der Waals surface area contributed by atoms with E-state index >= 15 is 0 Å². The van der Waals surface area contributed by atoms with E-state index in [1.807, 2.05) is 200 Å². The Bertz CT molecular complexity index is 3930. The lowest BCUT2D eigenvalue weighted by atomic mass is 9.99. The molecule has 0 bridgehead atoms. The molecule has 0 aromatic heterocycles. The molecule has 24 heteroatoms. The lowest BCUT2D eigenvalue weighted by Crippen LogP contribution is -2.38. The van der Waals surface area contributed by atoms with Crippen LogP contribution in [0.1, 0.15) is 157 Å². The number of hydrogen-bond acceptors (Lipinski definition) is 18. The van der Waals surface area contributed by atoms with E-state index in [0.717, 1.165) is 66.9 Å². The summed E-state index contributed by atoms with van der Waals surface area (Å²) >= 11 is 0. The fraction of sp³-hybridized carbons (Fsp3) is 0.405. The van der Waals surface area contributed by atoms with E-state index in [9.17, 15) is 38.4 Å². The van der Waals surface area contributed by atoms with Crippen molar-refractivity contribution in [3.05, 3.63) is 189 Å². The third-order valence-electron chi connectivity index (χ3n) is 14.6. The van der Waals surface area contributed by atoms with Crippen molar-refractivity contribution >= 4 is 47.4 Å². The minimum Gasteiger partial charge on any atom is -0.494 e. The molecule has 0 heterocycles. The average Bonchev–Trinajstić information content (AvgIpc) is 0.841. The van der Waals surface area contributed by atoms with E-state index in [1.54, 1.807) is 31.2 Å². The first kappa shape index (κ1) is 94.7. The number of carbonyl (C=O) groups is 8. The van der Waals surface area contributed by atoms with E-state index in [-0.39, 0.29) is 31.7 Å². The predicted molar refractivity (Wildman–Crippen MR) is 412 cm³/mol. The Labute approximate surface area is 634 Å². The summed E-state index contributed by atoms with van der Waals surface area (Å²) in [6, 6.07) is 38.8. The summed E-state index contributed by atoms with van der Waals surface area (Å²) in [5.74, 6) is -0.847. The Hall–Kier alpha value is -11.3. The number of Topliss-reactive ketones (excluding diaryl/α,β-unsaturated/α-hetero) is 2. The highest BCUT2D eigenvalue weighted by molar-refractivity contribution is 6.36. The zero-order valence-electron chi connectivity index (χ0n) is 65.8. The number of ketones is 2. The van der Waals surface area contributed by atoms with Crippen LogP contribution in [0.15, 0.2) is 127 Å². The van der Waals surface area contributed by atoms with Crippen molar-refractivity contribution in [1.82, 2.24) is 0 Å². The largest absolute Gasteiger partial charge is 0.494 e. The quantitative estimate of drug-likeness (QED) is 0.0208. The lowest BCUT2D eigenvalue weighted by Gasteiger charge is -2.23. The molecule has 6 N–H and O–H groups in total. The molecule has 0 aliphatic rings. The van der Waals surface area contributed by atoms with E-state index in [1.165, 1.54) is 27.7 Å². The number of carboxylic acids is 6. The Kier molecular flexibility index (Phi) is 44.1. The van der Waals surface area contributed by atoms with Gasteiger partial charge in [-0.25, -0.2) is 14.4 Å². The second kappa shape index (κ2) is 50.2. The fourth-order valence-electron chi connectivity index (χ4n) is 9.12. The predicted octanol–water partition coefficient (Wildman–Crippen LogP) is 15.8. The van der Waals surface area contributed by atoms with Crippen molar-refractivity contribution in [2.75, 3.05) is 52.9 Å². The smallest absolute Gasteiger partial charge is 0.347 e. The number of ether oxygens (including phenoxy) is 10. The van der Waals surface area contributed by atoms with Crippen molar-refractivity contribution in [2.24, 2.45) is 0 Å². The molecule has 0 radical (unpaired) electrons. The molecule has 24 nitrogen and oxygen atoms in total. The van der Waals surface area contributed by atoms with Gasteiger partial charge in [0, 0.05) is 36.5 Å². The average molecular weight is 1500 g/mol. The summed E-state index contributed by atoms with van der Waals surface area (Å²) < 4.78 is 53.7. The van der Waals surface area contributed by atoms with Crippen LogP contribution < -0.4 is 47.4 Å². The summed E-state index contributed by atoms with van der Waals surface area (Å²) in [6.45, 7) is 37.7. The van der Waals surface area contributed by atoms with E-state index in [2.05, 4.69) is 0 Å². The Balaban J connectivity index is 0.000000630.